The number of ether oxygens (including phenoxy) is 1. The second kappa shape index (κ2) is 5.73. The quantitative estimate of drug-likeness (QED) is 0.906. The number of carboxylic acid groups (broad SMARTS) is 1. The Kier molecular flexibility index (Phi) is 4.02. The molecule has 0 spiro atoms. The summed E-state index contributed by atoms with van der Waals surface area (Å²) in [6, 6.07) is 1.77. The zero-order valence-electron chi connectivity index (χ0n) is 11.7. The molecule has 0 bridgehead atoms. The monoisotopic (exact) mass is 275 g/mol. The van der Waals surface area contributed by atoms with Gasteiger partial charge in [-0.3, -0.25) is 9.67 Å². The van der Waals surface area contributed by atoms with Gasteiger partial charge >= 0.3 is 5.97 Å². The molecular weight excluding hydrogens is 258 g/mol. The van der Waals surface area contributed by atoms with E-state index in [0.29, 0.717) is 23.4 Å². The van der Waals surface area contributed by atoms with Gasteiger partial charge in [-0.15, -0.1) is 0 Å². The van der Waals surface area contributed by atoms with Gasteiger partial charge in [-0.25, -0.2) is 4.79 Å². The van der Waals surface area contributed by atoms with Gasteiger partial charge in [0.05, 0.1) is 12.3 Å². The molecule has 0 fully saturated rings. The number of carbonyl (C=O) groups is 1. The Hall–Kier alpha value is -2.37. The van der Waals surface area contributed by atoms with Crippen LogP contribution in [-0.2, 0) is 6.54 Å². The second-order valence-electron chi connectivity index (χ2n) is 4.63. The van der Waals surface area contributed by atoms with Crippen LogP contribution < -0.4 is 4.74 Å². The Bertz CT molecular complexity index is 620. The maximum atomic E-state index is 11.3. The summed E-state index contributed by atoms with van der Waals surface area (Å²) in [5, 5.41) is 13.3. The van der Waals surface area contributed by atoms with Crippen LogP contribution in [0.15, 0.2) is 24.7 Å². The molecule has 0 aliphatic carbocycles. The van der Waals surface area contributed by atoms with Crippen molar-refractivity contribution in [1.29, 1.82) is 0 Å². The SMILES string of the molecule is CCn1cc(-c2cncc(OC(C)C)c2)c(C(=O)O)n1. The molecule has 20 heavy (non-hydrogen) atoms. The lowest BCUT2D eigenvalue weighted by Gasteiger charge is -2.09. The van der Waals surface area contributed by atoms with Crippen molar-refractivity contribution in [3.63, 3.8) is 0 Å². The number of carboxylic acids is 1. The largest absolute Gasteiger partial charge is 0.489 e. The normalized spacial score (nSPS) is 10.8. The molecule has 2 aromatic heterocycles. The topological polar surface area (TPSA) is 77.2 Å². The van der Waals surface area contributed by atoms with Gasteiger partial charge in [0.2, 0.25) is 0 Å². The first-order valence-electron chi connectivity index (χ1n) is 6.44. The van der Waals surface area contributed by atoms with Crippen molar-refractivity contribution in [3.05, 3.63) is 30.4 Å². The summed E-state index contributed by atoms with van der Waals surface area (Å²) in [6.45, 7) is 6.35. The van der Waals surface area contributed by atoms with E-state index in [4.69, 9.17) is 4.74 Å². The van der Waals surface area contributed by atoms with Crippen molar-refractivity contribution in [1.82, 2.24) is 14.8 Å². The maximum Gasteiger partial charge on any atom is 0.357 e. The molecule has 2 rings (SSSR count). The van der Waals surface area contributed by atoms with Gasteiger partial charge in [0, 0.05) is 30.1 Å². The van der Waals surface area contributed by atoms with E-state index >= 15 is 0 Å². The number of aromatic nitrogens is 3. The number of pyridine rings is 1. The van der Waals surface area contributed by atoms with E-state index in [0.717, 1.165) is 0 Å². The highest BCUT2D eigenvalue weighted by Gasteiger charge is 2.17. The van der Waals surface area contributed by atoms with E-state index in [1.54, 1.807) is 29.3 Å². The van der Waals surface area contributed by atoms with Crippen LogP contribution in [0.5, 0.6) is 5.75 Å². The molecule has 0 atom stereocenters. The Morgan fingerprint density at radius 1 is 1.45 bits per heavy atom. The number of hydrogen-bond acceptors (Lipinski definition) is 4. The molecule has 0 unspecified atom stereocenters. The Morgan fingerprint density at radius 2 is 2.20 bits per heavy atom. The molecule has 0 saturated heterocycles. The number of rotatable bonds is 5. The summed E-state index contributed by atoms with van der Waals surface area (Å²) in [7, 11) is 0. The minimum absolute atomic E-state index is 0.0235. The Balaban J connectivity index is 2.45. The minimum Gasteiger partial charge on any atom is -0.489 e. The van der Waals surface area contributed by atoms with Crippen LogP contribution in [0.25, 0.3) is 11.1 Å². The summed E-state index contributed by atoms with van der Waals surface area (Å²) >= 11 is 0. The highest BCUT2D eigenvalue weighted by Crippen LogP contribution is 2.26. The highest BCUT2D eigenvalue weighted by molar-refractivity contribution is 5.93. The van der Waals surface area contributed by atoms with Crippen LogP contribution in [0.1, 0.15) is 31.3 Å². The average Bonchev–Trinajstić information content (AvgIpc) is 2.82. The zero-order valence-corrected chi connectivity index (χ0v) is 11.7. The number of nitrogens with zero attached hydrogens (tertiary/aromatic N) is 3. The summed E-state index contributed by atoms with van der Waals surface area (Å²) in [4.78, 5) is 15.4. The average molecular weight is 275 g/mol. The van der Waals surface area contributed by atoms with Crippen LogP contribution in [-0.4, -0.2) is 31.9 Å². The molecule has 0 aliphatic heterocycles. The van der Waals surface area contributed by atoms with Crippen LogP contribution >= 0.6 is 0 Å². The van der Waals surface area contributed by atoms with Crippen molar-refractivity contribution in [2.75, 3.05) is 0 Å². The van der Waals surface area contributed by atoms with Crippen molar-refractivity contribution < 1.29 is 14.6 Å². The molecule has 2 aromatic rings. The molecule has 106 valence electrons. The van der Waals surface area contributed by atoms with Gasteiger partial charge in [-0.05, 0) is 26.8 Å². The fourth-order valence-corrected chi connectivity index (χ4v) is 1.86. The van der Waals surface area contributed by atoms with Gasteiger partial charge < -0.3 is 9.84 Å². The lowest BCUT2D eigenvalue weighted by molar-refractivity contribution is 0.0690. The van der Waals surface area contributed by atoms with E-state index < -0.39 is 5.97 Å². The van der Waals surface area contributed by atoms with E-state index in [-0.39, 0.29) is 11.8 Å². The third-order valence-corrected chi connectivity index (χ3v) is 2.68. The van der Waals surface area contributed by atoms with Crippen molar-refractivity contribution in [2.45, 2.75) is 33.4 Å². The second-order valence-corrected chi connectivity index (χ2v) is 4.63. The van der Waals surface area contributed by atoms with E-state index in [1.807, 2.05) is 20.8 Å². The minimum atomic E-state index is -1.05. The van der Waals surface area contributed by atoms with Crippen molar-refractivity contribution in [2.24, 2.45) is 0 Å². The van der Waals surface area contributed by atoms with E-state index in [2.05, 4.69) is 10.1 Å². The molecular formula is C14H17N3O3. The van der Waals surface area contributed by atoms with Gasteiger partial charge in [0.25, 0.3) is 0 Å². The standard InChI is InChI=1S/C14H17N3O3/c1-4-17-8-12(13(16-17)14(18)19)10-5-11(7-15-6-10)20-9(2)3/h5-9H,4H2,1-3H3,(H,18,19). The van der Waals surface area contributed by atoms with Crippen LogP contribution in [0.4, 0.5) is 0 Å². The van der Waals surface area contributed by atoms with Crippen LogP contribution in [0.2, 0.25) is 0 Å². The van der Waals surface area contributed by atoms with Crippen molar-refractivity contribution >= 4 is 5.97 Å². The summed E-state index contributed by atoms with van der Waals surface area (Å²) in [5.41, 5.74) is 1.25. The van der Waals surface area contributed by atoms with Crippen LogP contribution in [0, 0.1) is 0 Å². The zero-order chi connectivity index (χ0) is 14.7. The molecule has 6 nitrogen and oxygen atoms in total. The third-order valence-electron chi connectivity index (χ3n) is 2.68. The Morgan fingerprint density at radius 3 is 2.80 bits per heavy atom. The maximum absolute atomic E-state index is 11.3. The van der Waals surface area contributed by atoms with Gasteiger partial charge in [-0.1, -0.05) is 0 Å². The first kappa shape index (κ1) is 14.0. The summed E-state index contributed by atoms with van der Waals surface area (Å²) < 4.78 is 7.16. The molecule has 0 aromatic carbocycles. The van der Waals surface area contributed by atoms with Gasteiger partial charge in [-0.2, -0.15) is 5.10 Å². The summed E-state index contributed by atoms with van der Waals surface area (Å²) in [5.74, 6) is -0.444. The fraction of sp³-hybridized carbons (Fsp3) is 0.357. The molecule has 0 amide bonds. The fourth-order valence-electron chi connectivity index (χ4n) is 1.86. The van der Waals surface area contributed by atoms with Gasteiger partial charge in [0.15, 0.2) is 5.69 Å². The highest BCUT2D eigenvalue weighted by atomic mass is 16.5. The third kappa shape index (κ3) is 2.96. The lowest BCUT2D eigenvalue weighted by Crippen LogP contribution is -2.06. The number of aromatic carboxylic acids is 1. The number of hydrogen-bond donors (Lipinski definition) is 1. The number of aryl methyl sites for hydroxylation is 1. The molecule has 0 radical (unpaired) electrons. The smallest absolute Gasteiger partial charge is 0.357 e. The lowest BCUT2D eigenvalue weighted by atomic mass is 10.1. The Labute approximate surface area is 117 Å². The van der Waals surface area contributed by atoms with Crippen LogP contribution in [0.3, 0.4) is 0 Å². The van der Waals surface area contributed by atoms with E-state index in [1.165, 1.54) is 0 Å². The predicted octanol–water partition coefficient (Wildman–Crippen LogP) is 2.45. The van der Waals surface area contributed by atoms with Gasteiger partial charge in [0.1, 0.15) is 5.75 Å². The molecule has 0 aliphatic rings. The first-order valence-corrected chi connectivity index (χ1v) is 6.44. The predicted molar refractivity (Wildman–Crippen MR) is 73.9 cm³/mol. The van der Waals surface area contributed by atoms with Crippen molar-refractivity contribution in [3.8, 4) is 16.9 Å². The molecule has 6 heteroatoms. The molecule has 2 heterocycles. The summed E-state index contributed by atoms with van der Waals surface area (Å²) in [6.07, 6.45) is 4.95. The first-order chi connectivity index (χ1) is 9.51. The van der Waals surface area contributed by atoms with E-state index in [9.17, 15) is 9.90 Å². The molecule has 0 saturated carbocycles. The molecule has 1 N–H and O–H groups in total.